The van der Waals surface area contributed by atoms with E-state index >= 15 is 0 Å². The van der Waals surface area contributed by atoms with E-state index in [1.807, 2.05) is 24.3 Å². The molecule has 27 heavy (non-hydrogen) atoms. The molecule has 0 unspecified atom stereocenters. The van der Waals surface area contributed by atoms with Crippen LogP contribution in [-0.4, -0.2) is 33.9 Å². The van der Waals surface area contributed by atoms with Crippen LogP contribution in [0.5, 0.6) is 0 Å². The van der Waals surface area contributed by atoms with E-state index in [2.05, 4.69) is 5.10 Å². The first-order valence-corrected chi connectivity index (χ1v) is 9.53. The number of pyridine rings is 1. The molecule has 1 saturated heterocycles. The quantitative estimate of drug-likeness (QED) is 0.676. The zero-order valence-corrected chi connectivity index (χ0v) is 16.0. The molecule has 1 aliphatic heterocycles. The van der Waals surface area contributed by atoms with Gasteiger partial charge in [0.2, 0.25) is 0 Å². The second-order valence-electron chi connectivity index (χ2n) is 6.73. The molecule has 2 aromatic heterocycles. The van der Waals surface area contributed by atoms with Gasteiger partial charge in [0.1, 0.15) is 0 Å². The van der Waals surface area contributed by atoms with Crippen LogP contribution < -0.4 is 0 Å². The highest BCUT2D eigenvalue weighted by atomic mass is 35.5. The number of benzene rings is 1. The van der Waals surface area contributed by atoms with Crippen molar-refractivity contribution >= 4 is 34.7 Å². The number of carbonyl (C=O) groups is 1. The fourth-order valence-corrected chi connectivity index (χ4v) is 4.34. The summed E-state index contributed by atoms with van der Waals surface area (Å²) in [6.45, 7) is 1.51. The van der Waals surface area contributed by atoms with Crippen LogP contribution in [0.4, 0.5) is 0 Å². The van der Waals surface area contributed by atoms with Gasteiger partial charge in [0, 0.05) is 30.5 Å². The first kappa shape index (κ1) is 18.3. The summed E-state index contributed by atoms with van der Waals surface area (Å²) in [7, 11) is 0. The lowest BCUT2D eigenvalue weighted by atomic mass is 9.90. The van der Waals surface area contributed by atoms with Crippen molar-refractivity contribution in [2.75, 3.05) is 13.2 Å². The van der Waals surface area contributed by atoms with Crippen molar-refractivity contribution < 1.29 is 14.6 Å². The minimum Gasteiger partial charge on any atom is -0.481 e. The predicted octanol–water partition coefficient (Wildman–Crippen LogP) is 4.83. The van der Waals surface area contributed by atoms with E-state index in [9.17, 15) is 4.79 Å². The van der Waals surface area contributed by atoms with Crippen molar-refractivity contribution in [2.24, 2.45) is 0 Å². The number of aromatic nitrogens is 2. The Morgan fingerprint density at radius 1 is 1.22 bits per heavy atom. The summed E-state index contributed by atoms with van der Waals surface area (Å²) in [4.78, 5) is 11.1. The van der Waals surface area contributed by atoms with Gasteiger partial charge in [0.25, 0.3) is 0 Å². The molecule has 3 heterocycles. The van der Waals surface area contributed by atoms with E-state index in [1.165, 1.54) is 0 Å². The molecule has 5 nitrogen and oxygen atoms in total. The minimum atomic E-state index is -0.896. The van der Waals surface area contributed by atoms with E-state index in [4.69, 9.17) is 33.0 Å². The topological polar surface area (TPSA) is 63.8 Å². The third kappa shape index (κ3) is 3.68. The largest absolute Gasteiger partial charge is 0.481 e. The van der Waals surface area contributed by atoms with Crippen LogP contribution in [-0.2, 0) is 16.0 Å². The number of aliphatic carboxylic acids is 1. The van der Waals surface area contributed by atoms with E-state index in [0.29, 0.717) is 21.5 Å². The molecular weight excluding hydrogens is 387 g/mol. The monoisotopic (exact) mass is 404 g/mol. The Morgan fingerprint density at radius 3 is 2.59 bits per heavy atom. The summed E-state index contributed by atoms with van der Waals surface area (Å²) in [6.07, 6.45) is 5.20. The highest BCUT2D eigenvalue weighted by Gasteiger charge is 2.20. The summed E-state index contributed by atoms with van der Waals surface area (Å²) in [5.74, 6) is -0.491. The molecule has 0 atom stereocenters. The highest BCUT2D eigenvalue weighted by molar-refractivity contribution is 6.39. The van der Waals surface area contributed by atoms with Gasteiger partial charge < -0.3 is 9.84 Å². The molecule has 1 fully saturated rings. The van der Waals surface area contributed by atoms with Gasteiger partial charge in [0.15, 0.2) is 0 Å². The summed E-state index contributed by atoms with van der Waals surface area (Å²) in [5.41, 5.74) is 4.10. The van der Waals surface area contributed by atoms with Crippen LogP contribution in [0, 0.1) is 0 Å². The number of ether oxygens (including phenoxy) is 1. The van der Waals surface area contributed by atoms with E-state index in [1.54, 1.807) is 16.9 Å². The fourth-order valence-electron chi connectivity index (χ4n) is 3.62. The van der Waals surface area contributed by atoms with Gasteiger partial charge >= 0.3 is 5.97 Å². The fraction of sp³-hybridized carbons (Fsp3) is 0.300. The average Bonchev–Trinajstić information content (AvgIpc) is 3.03. The maximum atomic E-state index is 11.1. The molecule has 1 aliphatic rings. The molecule has 0 aliphatic carbocycles. The van der Waals surface area contributed by atoms with Crippen molar-refractivity contribution in [3.8, 4) is 11.1 Å². The molecule has 0 amide bonds. The maximum absolute atomic E-state index is 11.1. The van der Waals surface area contributed by atoms with Crippen molar-refractivity contribution in [3.05, 3.63) is 57.8 Å². The molecule has 0 saturated carbocycles. The summed E-state index contributed by atoms with van der Waals surface area (Å²) in [6, 6.07) is 7.73. The number of rotatable bonds is 4. The number of fused-ring (bicyclic) bond motifs is 1. The van der Waals surface area contributed by atoms with Crippen LogP contribution >= 0.6 is 23.2 Å². The Hall–Kier alpha value is -2.08. The van der Waals surface area contributed by atoms with Crippen LogP contribution in [0.25, 0.3) is 16.6 Å². The van der Waals surface area contributed by atoms with Crippen LogP contribution in [0.1, 0.15) is 29.9 Å². The van der Waals surface area contributed by atoms with Crippen LogP contribution in [0.15, 0.2) is 36.7 Å². The molecule has 3 aromatic rings. The molecule has 140 valence electrons. The number of hydrogen-bond donors (Lipinski definition) is 1. The first-order valence-electron chi connectivity index (χ1n) is 8.78. The van der Waals surface area contributed by atoms with E-state index < -0.39 is 5.97 Å². The van der Waals surface area contributed by atoms with Gasteiger partial charge in [-0.1, -0.05) is 23.2 Å². The minimum absolute atomic E-state index is 0.0862. The SMILES string of the molecule is O=C(O)Cc1cnn2ccc(-c3c(Cl)cc(C4CCOCC4)cc3Cl)cc12. The molecule has 7 heteroatoms. The Morgan fingerprint density at radius 2 is 1.93 bits per heavy atom. The van der Waals surface area contributed by atoms with Gasteiger partial charge in [-0.3, -0.25) is 4.79 Å². The first-order chi connectivity index (χ1) is 13.0. The number of carboxylic acid groups (broad SMARTS) is 1. The summed E-state index contributed by atoms with van der Waals surface area (Å²) >= 11 is 13.2. The van der Waals surface area contributed by atoms with Gasteiger partial charge in [-0.25, -0.2) is 4.52 Å². The van der Waals surface area contributed by atoms with E-state index in [-0.39, 0.29) is 6.42 Å². The number of carboxylic acids is 1. The van der Waals surface area contributed by atoms with Crippen molar-refractivity contribution in [1.29, 1.82) is 0 Å². The van der Waals surface area contributed by atoms with Crippen molar-refractivity contribution in [2.45, 2.75) is 25.2 Å². The zero-order valence-electron chi connectivity index (χ0n) is 14.5. The van der Waals surface area contributed by atoms with Gasteiger partial charge in [0.05, 0.1) is 28.2 Å². The lowest BCUT2D eigenvalue weighted by Gasteiger charge is -2.23. The Kier molecular flexibility index (Phi) is 5.08. The summed E-state index contributed by atoms with van der Waals surface area (Å²) < 4.78 is 7.08. The van der Waals surface area contributed by atoms with Gasteiger partial charge in [-0.2, -0.15) is 5.10 Å². The zero-order chi connectivity index (χ0) is 19.0. The number of halogens is 2. The molecule has 1 aromatic carbocycles. The van der Waals surface area contributed by atoms with Gasteiger partial charge in [-0.05, 0) is 54.2 Å². The van der Waals surface area contributed by atoms with Gasteiger partial charge in [-0.15, -0.1) is 0 Å². The highest BCUT2D eigenvalue weighted by Crippen LogP contribution is 2.39. The second kappa shape index (κ2) is 7.50. The predicted molar refractivity (Wildman–Crippen MR) is 105 cm³/mol. The lowest BCUT2D eigenvalue weighted by Crippen LogP contribution is -2.14. The normalized spacial score (nSPS) is 15.3. The Balaban J connectivity index is 1.75. The molecule has 0 bridgehead atoms. The Bertz CT molecular complexity index is 987. The molecular formula is C20H18Cl2N2O3. The van der Waals surface area contributed by atoms with Crippen molar-refractivity contribution in [1.82, 2.24) is 9.61 Å². The third-order valence-electron chi connectivity index (χ3n) is 4.99. The average molecular weight is 405 g/mol. The second-order valence-corrected chi connectivity index (χ2v) is 7.55. The summed E-state index contributed by atoms with van der Waals surface area (Å²) in [5, 5.41) is 14.5. The van der Waals surface area contributed by atoms with E-state index in [0.717, 1.165) is 48.3 Å². The van der Waals surface area contributed by atoms with Crippen LogP contribution in [0.2, 0.25) is 10.0 Å². The number of hydrogen-bond acceptors (Lipinski definition) is 3. The Labute approximate surface area is 166 Å². The maximum Gasteiger partial charge on any atom is 0.307 e. The van der Waals surface area contributed by atoms with Crippen LogP contribution in [0.3, 0.4) is 0 Å². The molecule has 0 radical (unpaired) electrons. The third-order valence-corrected chi connectivity index (χ3v) is 5.58. The standard InChI is InChI=1S/C20H18Cl2N2O3/c21-16-7-14(12-2-5-27-6-3-12)8-17(22)20(16)13-1-4-24-18(9-13)15(11-23-24)10-19(25)26/h1,4,7-9,11-12H,2-3,5-6,10H2,(H,25,26). The number of nitrogens with zero attached hydrogens (tertiary/aromatic N) is 2. The smallest absolute Gasteiger partial charge is 0.307 e. The molecule has 4 rings (SSSR count). The molecule has 1 N–H and O–H groups in total. The lowest BCUT2D eigenvalue weighted by molar-refractivity contribution is -0.136. The molecule has 0 spiro atoms. The van der Waals surface area contributed by atoms with Crippen molar-refractivity contribution in [3.63, 3.8) is 0 Å².